The van der Waals surface area contributed by atoms with Crippen LogP contribution < -0.4 is 10.2 Å². The zero-order valence-electron chi connectivity index (χ0n) is 16.3. The van der Waals surface area contributed by atoms with Crippen molar-refractivity contribution in [2.75, 3.05) is 6.61 Å². The van der Waals surface area contributed by atoms with Gasteiger partial charge < -0.3 is 4.74 Å². The number of aryl methyl sites for hydroxylation is 2. The van der Waals surface area contributed by atoms with Crippen molar-refractivity contribution in [3.63, 3.8) is 0 Å². The number of aromatic amines is 1. The Balaban J connectivity index is 1.60. The van der Waals surface area contributed by atoms with Crippen LogP contribution in [-0.2, 0) is 0 Å². The second-order valence-electron chi connectivity index (χ2n) is 6.58. The average Bonchev–Trinajstić information content (AvgIpc) is 3.20. The lowest BCUT2D eigenvalue weighted by Gasteiger charge is -2.03. The molecule has 2 N–H and O–H groups in total. The number of hydrogen-bond acceptors (Lipinski definition) is 4. The van der Waals surface area contributed by atoms with Crippen LogP contribution in [0, 0.1) is 13.8 Å². The number of aromatic nitrogens is 2. The summed E-state index contributed by atoms with van der Waals surface area (Å²) in [6.45, 7) is 6.87. The van der Waals surface area contributed by atoms with Gasteiger partial charge in [0, 0.05) is 5.56 Å². The molecule has 1 amide bonds. The number of rotatable bonds is 7. The maximum absolute atomic E-state index is 12.3. The smallest absolute Gasteiger partial charge is 0.289 e. The third-order valence-corrected chi connectivity index (χ3v) is 4.36. The number of amides is 1. The van der Waals surface area contributed by atoms with E-state index in [0.29, 0.717) is 12.3 Å². The third-order valence-electron chi connectivity index (χ3n) is 4.36. The van der Waals surface area contributed by atoms with Crippen molar-refractivity contribution < 1.29 is 9.53 Å². The summed E-state index contributed by atoms with van der Waals surface area (Å²) in [6.07, 6.45) is 2.55. The molecule has 6 nitrogen and oxygen atoms in total. The van der Waals surface area contributed by atoms with Crippen LogP contribution in [0.15, 0.2) is 53.6 Å². The highest BCUT2D eigenvalue weighted by Gasteiger charge is 2.10. The monoisotopic (exact) mass is 376 g/mol. The molecule has 2 aromatic carbocycles. The molecule has 3 rings (SSSR count). The van der Waals surface area contributed by atoms with Crippen molar-refractivity contribution in [2.45, 2.75) is 27.2 Å². The van der Waals surface area contributed by atoms with Gasteiger partial charge in [-0.15, -0.1) is 0 Å². The van der Waals surface area contributed by atoms with E-state index in [4.69, 9.17) is 4.74 Å². The molecule has 0 aliphatic rings. The molecule has 0 bridgehead atoms. The minimum atomic E-state index is -0.346. The molecule has 0 spiro atoms. The number of carbonyl (C=O) groups excluding carboxylic acids is 1. The van der Waals surface area contributed by atoms with E-state index in [2.05, 4.69) is 47.6 Å². The van der Waals surface area contributed by atoms with Crippen molar-refractivity contribution in [1.82, 2.24) is 15.6 Å². The first-order valence-electron chi connectivity index (χ1n) is 9.26. The quantitative estimate of drug-likeness (QED) is 0.478. The van der Waals surface area contributed by atoms with Gasteiger partial charge in [0.2, 0.25) is 0 Å². The first kappa shape index (κ1) is 19.4. The van der Waals surface area contributed by atoms with E-state index in [-0.39, 0.29) is 5.91 Å². The van der Waals surface area contributed by atoms with E-state index in [1.54, 1.807) is 12.3 Å². The third kappa shape index (κ3) is 4.85. The fourth-order valence-corrected chi connectivity index (χ4v) is 2.58. The molecule has 0 aliphatic heterocycles. The predicted molar refractivity (Wildman–Crippen MR) is 111 cm³/mol. The van der Waals surface area contributed by atoms with E-state index >= 15 is 0 Å². The molecule has 3 aromatic rings. The summed E-state index contributed by atoms with van der Waals surface area (Å²) >= 11 is 0. The molecule has 1 heterocycles. The molecule has 28 heavy (non-hydrogen) atoms. The van der Waals surface area contributed by atoms with Gasteiger partial charge in [0.1, 0.15) is 11.4 Å². The molecule has 0 atom stereocenters. The van der Waals surface area contributed by atoms with Crippen LogP contribution in [-0.4, -0.2) is 28.9 Å². The van der Waals surface area contributed by atoms with Crippen LogP contribution >= 0.6 is 0 Å². The zero-order valence-corrected chi connectivity index (χ0v) is 16.3. The summed E-state index contributed by atoms with van der Waals surface area (Å²) in [5.74, 6) is 0.473. The Morgan fingerprint density at radius 3 is 2.64 bits per heavy atom. The Kier molecular flexibility index (Phi) is 6.22. The number of nitrogens with one attached hydrogen (secondary N) is 2. The van der Waals surface area contributed by atoms with Crippen molar-refractivity contribution in [1.29, 1.82) is 0 Å². The largest absolute Gasteiger partial charge is 0.494 e. The second-order valence-corrected chi connectivity index (χ2v) is 6.58. The van der Waals surface area contributed by atoms with Gasteiger partial charge in [-0.25, -0.2) is 5.43 Å². The van der Waals surface area contributed by atoms with Crippen LogP contribution in [0.25, 0.3) is 11.3 Å². The highest BCUT2D eigenvalue weighted by atomic mass is 16.5. The number of carbonyl (C=O) groups is 1. The minimum absolute atomic E-state index is 0.346. The molecule has 0 saturated heterocycles. The van der Waals surface area contributed by atoms with Gasteiger partial charge >= 0.3 is 0 Å². The average molecular weight is 376 g/mol. The SMILES string of the molecule is CCCOc1ccc(/C=N/NC(=O)c2cc(-c3ccc(C)c(C)c3)n[nH]2)cc1. The maximum Gasteiger partial charge on any atom is 0.289 e. The molecule has 1 aromatic heterocycles. The molecule has 0 saturated carbocycles. The summed E-state index contributed by atoms with van der Waals surface area (Å²) < 4.78 is 5.54. The standard InChI is InChI=1S/C22H24N4O2/c1-4-11-28-19-9-6-17(7-10-19)14-23-26-22(27)21-13-20(24-25-21)18-8-5-15(2)16(3)12-18/h5-10,12-14H,4,11H2,1-3H3,(H,24,25)(H,26,27)/b23-14+. The van der Waals surface area contributed by atoms with Gasteiger partial charge in [-0.2, -0.15) is 10.2 Å². The fraction of sp³-hybridized carbons (Fsp3) is 0.227. The number of hydrogen-bond donors (Lipinski definition) is 2. The summed E-state index contributed by atoms with van der Waals surface area (Å²) in [5, 5.41) is 11.0. The Morgan fingerprint density at radius 2 is 1.93 bits per heavy atom. The number of benzene rings is 2. The highest BCUT2D eigenvalue weighted by molar-refractivity contribution is 5.94. The van der Waals surface area contributed by atoms with E-state index in [0.717, 1.165) is 29.0 Å². The lowest BCUT2D eigenvalue weighted by Crippen LogP contribution is -2.17. The van der Waals surface area contributed by atoms with Crippen LogP contribution in [0.1, 0.15) is 40.5 Å². The highest BCUT2D eigenvalue weighted by Crippen LogP contribution is 2.20. The minimum Gasteiger partial charge on any atom is -0.494 e. The first-order valence-corrected chi connectivity index (χ1v) is 9.26. The fourth-order valence-electron chi connectivity index (χ4n) is 2.58. The Hall–Kier alpha value is -3.41. The number of ether oxygens (including phenoxy) is 1. The van der Waals surface area contributed by atoms with Crippen LogP contribution in [0.2, 0.25) is 0 Å². The zero-order chi connectivity index (χ0) is 19.9. The molecule has 0 aliphatic carbocycles. The summed E-state index contributed by atoms with van der Waals surface area (Å²) in [4.78, 5) is 12.3. The van der Waals surface area contributed by atoms with Crippen LogP contribution in [0.4, 0.5) is 0 Å². The molecular weight excluding hydrogens is 352 g/mol. The Morgan fingerprint density at radius 1 is 1.14 bits per heavy atom. The summed E-state index contributed by atoms with van der Waals surface area (Å²) in [5.41, 5.74) is 7.82. The predicted octanol–water partition coefficient (Wildman–Crippen LogP) is 4.25. The van der Waals surface area contributed by atoms with Gasteiger partial charge in [-0.1, -0.05) is 19.1 Å². The Bertz CT molecular complexity index is 974. The summed E-state index contributed by atoms with van der Waals surface area (Å²) in [7, 11) is 0. The van der Waals surface area contributed by atoms with Crippen molar-refractivity contribution in [3.05, 3.63) is 70.9 Å². The molecule has 144 valence electrons. The van der Waals surface area contributed by atoms with Crippen LogP contribution in [0.5, 0.6) is 5.75 Å². The molecule has 0 unspecified atom stereocenters. The van der Waals surface area contributed by atoms with Gasteiger partial charge in [0.15, 0.2) is 0 Å². The van der Waals surface area contributed by atoms with Crippen molar-refractivity contribution >= 4 is 12.1 Å². The van der Waals surface area contributed by atoms with Gasteiger partial charge in [0.25, 0.3) is 5.91 Å². The first-order chi connectivity index (χ1) is 13.6. The van der Waals surface area contributed by atoms with Crippen molar-refractivity contribution in [2.24, 2.45) is 5.10 Å². The topological polar surface area (TPSA) is 79.4 Å². The Labute approximate surface area is 164 Å². The van der Waals surface area contributed by atoms with E-state index < -0.39 is 0 Å². The second kappa shape index (κ2) is 8.99. The van der Waals surface area contributed by atoms with Gasteiger partial charge in [-0.05, 0) is 73.4 Å². The number of H-pyrrole nitrogens is 1. The van der Waals surface area contributed by atoms with Gasteiger partial charge in [-0.3, -0.25) is 9.89 Å². The molecule has 6 heteroatoms. The van der Waals surface area contributed by atoms with Crippen LogP contribution in [0.3, 0.4) is 0 Å². The van der Waals surface area contributed by atoms with E-state index in [1.807, 2.05) is 36.4 Å². The van der Waals surface area contributed by atoms with E-state index in [9.17, 15) is 4.79 Å². The number of hydrazone groups is 1. The summed E-state index contributed by atoms with van der Waals surface area (Å²) in [6, 6.07) is 15.3. The van der Waals surface area contributed by atoms with Gasteiger partial charge in [0.05, 0.1) is 18.5 Å². The van der Waals surface area contributed by atoms with Crippen molar-refractivity contribution in [3.8, 4) is 17.0 Å². The molecule has 0 fully saturated rings. The normalized spacial score (nSPS) is 11.0. The lowest BCUT2D eigenvalue weighted by atomic mass is 10.0. The van der Waals surface area contributed by atoms with E-state index in [1.165, 1.54) is 11.1 Å². The molecule has 0 radical (unpaired) electrons. The number of nitrogens with zero attached hydrogens (tertiary/aromatic N) is 2. The molecular formula is C22H24N4O2. The maximum atomic E-state index is 12.3. The lowest BCUT2D eigenvalue weighted by molar-refractivity contribution is 0.0950.